The molecule has 4 nitrogen and oxygen atoms in total. The van der Waals surface area contributed by atoms with Crippen LogP contribution in [-0.2, 0) is 6.54 Å². The van der Waals surface area contributed by atoms with Crippen molar-refractivity contribution >= 4 is 5.91 Å². The van der Waals surface area contributed by atoms with E-state index in [0.29, 0.717) is 5.56 Å². The maximum Gasteiger partial charge on any atom is 0.248 e. The van der Waals surface area contributed by atoms with Crippen molar-refractivity contribution in [2.75, 3.05) is 26.7 Å². The smallest absolute Gasteiger partial charge is 0.248 e. The summed E-state index contributed by atoms with van der Waals surface area (Å²) >= 11 is 0. The maximum atomic E-state index is 11.2. The van der Waals surface area contributed by atoms with Crippen molar-refractivity contribution < 1.29 is 4.79 Å². The Bertz CT molecular complexity index is 467. The van der Waals surface area contributed by atoms with Gasteiger partial charge in [0.25, 0.3) is 0 Å². The average Bonchev–Trinajstić information content (AvgIpc) is 2.42. The van der Waals surface area contributed by atoms with E-state index in [1.165, 1.54) is 18.4 Å². The molecule has 1 amide bonds. The number of aryl methyl sites for hydroxylation is 1. The summed E-state index contributed by atoms with van der Waals surface area (Å²) in [6, 6.07) is 5.73. The number of carbonyl (C=O) groups excluding carboxylic acids is 1. The van der Waals surface area contributed by atoms with Crippen LogP contribution < -0.4 is 11.1 Å². The Hall–Kier alpha value is -1.39. The Labute approximate surface area is 121 Å². The molecule has 0 spiro atoms. The number of nitrogens with two attached hydrogens (primary N) is 1. The van der Waals surface area contributed by atoms with E-state index in [9.17, 15) is 4.79 Å². The summed E-state index contributed by atoms with van der Waals surface area (Å²) < 4.78 is 0. The Morgan fingerprint density at radius 1 is 1.40 bits per heavy atom. The fraction of sp³-hybridized carbons (Fsp3) is 0.562. The van der Waals surface area contributed by atoms with Crippen LogP contribution in [0.3, 0.4) is 0 Å². The summed E-state index contributed by atoms with van der Waals surface area (Å²) in [5.41, 5.74) is 8.30. The van der Waals surface area contributed by atoms with Crippen LogP contribution in [0.2, 0.25) is 0 Å². The summed E-state index contributed by atoms with van der Waals surface area (Å²) in [6.45, 7) is 6.39. The Morgan fingerprint density at radius 3 is 2.70 bits per heavy atom. The number of benzene rings is 1. The van der Waals surface area contributed by atoms with Gasteiger partial charge in [-0.1, -0.05) is 6.07 Å². The fourth-order valence-electron chi connectivity index (χ4n) is 2.89. The van der Waals surface area contributed by atoms with E-state index in [0.717, 1.165) is 37.7 Å². The van der Waals surface area contributed by atoms with Crippen LogP contribution in [-0.4, -0.2) is 37.5 Å². The van der Waals surface area contributed by atoms with Crippen molar-refractivity contribution in [1.29, 1.82) is 0 Å². The highest BCUT2D eigenvalue weighted by Crippen LogP contribution is 2.16. The van der Waals surface area contributed by atoms with Gasteiger partial charge in [0, 0.05) is 18.7 Å². The minimum absolute atomic E-state index is 0.359. The second kappa shape index (κ2) is 6.86. The third-order valence-electron chi connectivity index (χ3n) is 4.10. The Kier molecular flexibility index (Phi) is 5.15. The molecule has 0 aromatic heterocycles. The lowest BCUT2D eigenvalue weighted by Crippen LogP contribution is -2.34. The lowest BCUT2D eigenvalue weighted by molar-refractivity contribution is 0.1000. The second-order valence-electron chi connectivity index (χ2n) is 5.90. The molecule has 0 bridgehead atoms. The van der Waals surface area contributed by atoms with Gasteiger partial charge in [-0.3, -0.25) is 4.79 Å². The van der Waals surface area contributed by atoms with Crippen LogP contribution in [0.25, 0.3) is 0 Å². The van der Waals surface area contributed by atoms with E-state index >= 15 is 0 Å². The van der Waals surface area contributed by atoms with E-state index in [1.54, 1.807) is 0 Å². The molecular formula is C16H25N3O. The normalized spacial score (nSPS) is 16.6. The SMILES string of the molecule is Cc1cc(C(N)=O)ccc1CN(C)CC1CCNCC1. The number of hydrogen-bond acceptors (Lipinski definition) is 3. The topological polar surface area (TPSA) is 58.4 Å². The number of amides is 1. The van der Waals surface area contributed by atoms with E-state index in [2.05, 4.69) is 17.3 Å². The molecule has 1 aromatic rings. The number of hydrogen-bond donors (Lipinski definition) is 2. The predicted octanol–water partition coefficient (Wildman–Crippen LogP) is 1.53. The third-order valence-corrected chi connectivity index (χ3v) is 4.10. The number of piperidine rings is 1. The average molecular weight is 275 g/mol. The first kappa shape index (κ1) is 15.0. The Morgan fingerprint density at radius 2 is 2.10 bits per heavy atom. The lowest BCUT2D eigenvalue weighted by atomic mass is 9.97. The van der Waals surface area contributed by atoms with E-state index in [4.69, 9.17) is 5.73 Å². The number of carbonyl (C=O) groups is 1. The van der Waals surface area contributed by atoms with Gasteiger partial charge in [0.2, 0.25) is 5.91 Å². The number of rotatable bonds is 5. The molecular weight excluding hydrogens is 250 g/mol. The predicted molar refractivity (Wildman–Crippen MR) is 81.6 cm³/mol. The van der Waals surface area contributed by atoms with E-state index < -0.39 is 0 Å². The van der Waals surface area contributed by atoms with Crippen molar-refractivity contribution in [1.82, 2.24) is 10.2 Å². The van der Waals surface area contributed by atoms with Crippen LogP contribution >= 0.6 is 0 Å². The van der Waals surface area contributed by atoms with Gasteiger partial charge in [0.1, 0.15) is 0 Å². The van der Waals surface area contributed by atoms with Crippen molar-refractivity contribution in [2.24, 2.45) is 11.7 Å². The molecule has 1 fully saturated rings. The molecule has 110 valence electrons. The molecule has 3 N–H and O–H groups in total. The van der Waals surface area contributed by atoms with Crippen molar-refractivity contribution in [3.05, 3.63) is 34.9 Å². The molecule has 0 aliphatic carbocycles. The summed E-state index contributed by atoms with van der Waals surface area (Å²) in [4.78, 5) is 13.5. The number of nitrogens with one attached hydrogen (secondary N) is 1. The Balaban J connectivity index is 1.93. The van der Waals surface area contributed by atoms with E-state index in [-0.39, 0.29) is 5.91 Å². The van der Waals surface area contributed by atoms with Gasteiger partial charge in [-0.15, -0.1) is 0 Å². The van der Waals surface area contributed by atoms with Gasteiger partial charge < -0.3 is 16.0 Å². The zero-order valence-electron chi connectivity index (χ0n) is 12.5. The molecule has 20 heavy (non-hydrogen) atoms. The van der Waals surface area contributed by atoms with Crippen LogP contribution in [0, 0.1) is 12.8 Å². The molecule has 1 aliphatic heterocycles. The molecule has 0 saturated carbocycles. The first-order valence-corrected chi connectivity index (χ1v) is 7.35. The van der Waals surface area contributed by atoms with Gasteiger partial charge in [-0.25, -0.2) is 0 Å². The largest absolute Gasteiger partial charge is 0.366 e. The number of primary amides is 1. The molecule has 4 heteroatoms. The molecule has 0 radical (unpaired) electrons. The molecule has 1 aliphatic rings. The molecule has 1 saturated heterocycles. The van der Waals surface area contributed by atoms with Gasteiger partial charge in [0.05, 0.1) is 0 Å². The molecule has 0 atom stereocenters. The van der Waals surface area contributed by atoms with Crippen LogP contribution in [0.1, 0.15) is 34.3 Å². The summed E-state index contributed by atoms with van der Waals surface area (Å²) in [5.74, 6) is 0.439. The number of nitrogens with zero attached hydrogens (tertiary/aromatic N) is 1. The third kappa shape index (κ3) is 4.05. The zero-order chi connectivity index (χ0) is 14.5. The molecule has 2 rings (SSSR count). The zero-order valence-corrected chi connectivity index (χ0v) is 12.5. The van der Waals surface area contributed by atoms with Crippen molar-refractivity contribution in [2.45, 2.75) is 26.3 Å². The molecule has 1 aromatic carbocycles. The minimum atomic E-state index is -0.359. The minimum Gasteiger partial charge on any atom is -0.366 e. The van der Waals surface area contributed by atoms with Gasteiger partial charge in [0.15, 0.2) is 0 Å². The fourth-order valence-corrected chi connectivity index (χ4v) is 2.89. The molecule has 1 heterocycles. The van der Waals surface area contributed by atoms with Gasteiger partial charge in [-0.05, 0) is 69.1 Å². The highest BCUT2D eigenvalue weighted by atomic mass is 16.1. The summed E-state index contributed by atoms with van der Waals surface area (Å²) in [7, 11) is 2.17. The lowest BCUT2D eigenvalue weighted by Gasteiger charge is -2.28. The van der Waals surface area contributed by atoms with Crippen LogP contribution in [0.5, 0.6) is 0 Å². The van der Waals surface area contributed by atoms with Crippen molar-refractivity contribution in [3.63, 3.8) is 0 Å². The van der Waals surface area contributed by atoms with Gasteiger partial charge >= 0.3 is 0 Å². The van der Waals surface area contributed by atoms with Crippen LogP contribution in [0.4, 0.5) is 0 Å². The monoisotopic (exact) mass is 275 g/mol. The van der Waals surface area contributed by atoms with Crippen LogP contribution in [0.15, 0.2) is 18.2 Å². The molecule has 0 unspecified atom stereocenters. The first-order chi connectivity index (χ1) is 9.56. The highest BCUT2D eigenvalue weighted by molar-refractivity contribution is 5.93. The summed E-state index contributed by atoms with van der Waals surface area (Å²) in [5, 5.41) is 3.40. The van der Waals surface area contributed by atoms with Crippen molar-refractivity contribution in [3.8, 4) is 0 Å². The van der Waals surface area contributed by atoms with E-state index in [1.807, 2.05) is 25.1 Å². The van der Waals surface area contributed by atoms with Gasteiger partial charge in [-0.2, -0.15) is 0 Å². The highest BCUT2D eigenvalue weighted by Gasteiger charge is 2.15. The first-order valence-electron chi connectivity index (χ1n) is 7.35. The standard InChI is InChI=1S/C16H25N3O/c1-12-9-14(16(17)20)3-4-15(12)11-19(2)10-13-5-7-18-8-6-13/h3-4,9,13,18H,5-8,10-11H2,1-2H3,(H2,17,20). The second-order valence-corrected chi connectivity index (χ2v) is 5.90. The maximum absolute atomic E-state index is 11.2. The summed E-state index contributed by atoms with van der Waals surface area (Å²) in [6.07, 6.45) is 2.54. The quantitative estimate of drug-likeness (QED) is 0.856.